The van der Waals surface area contributed by atoms with Gasteiger partial charge in [0.05, 0.1) is 12.2 Å². The Morgan fingerprint density at radius 3 is 2.80 bits per heavy atom. The summed E-state index contributed by atoms with van der Waals surface area (Å²) in [7, 11) is 6.54. The van der Waals surface area contributed by atoms with Gasteiger partial charge in [-0.1, -0.05) is 19.8 Å². The van der Waals surface area contributed by atoms with Gasteiger partial charge in [0.2, 0.25) is 0 Å². The van der Waals surface area contributed by atoms with E-state index >= 15 is 0 Å². The van der Waals surface area contributed by atoms with Crippen LogP contribution in [0.3, 0.4) is 0 Å². The van der Waals surface area contributed by atoms with E-state index in [0.717, 1.165) is 12.5 Å². The molecule has 20 heavy (non-hydrogen) atoms. The van der Waals surface area contributed by atoms with Gasteiger partial charge in [-0.25, -0.2) is 0 Å². The largest absolute Gasteiger partial charge is 0.311 e. The minimum atomic E-state index is 0.202. The first-order valence-corrected chi connectivity index (χ1v) is 7.90. The molecular weight excluding hydrogens is 248 g/mol. The van der Waals surface area contributed by atoms with Gasteiger partial charge in [0.1, 0.15) is 0 Å². The molecule has 0 radical (unpaired) electrons. The smallest absolute Gasteiger partial charge is 0.0538 e. The van der Waals surface area contributed by atoms with E-state index in [1.54, 1.807) is 0 Å². The molecule has 1 aliphatic carbocycles. The fourth-order valence-corrected chi connectivity index (χ4v) is 3.94. The molecule has 0 amide bonds. The van der Waals surface area contributed by atoms with Crippen LogP contribution < -0.4 is 5.32 Å². The fourth-order valence-electron chi connectivity index (χ4n) is 3.94. The summed E-state index contributed by atoms with van der Waals surface area (Å²) in [6, 6.07) is 0.348. The maximum absolute atomic E-state index is 4.47. The van der Waals surface area contributed by atoms with Crippen molar-refractivity contribution in [1.82, 2.24) is 20.0 Å². The van der Waals surface area contributed by atoms with Gasteiger partial charge in [-0.2, -0.15) is 5.10 Å². The Balaban J connectivity index is 2.34. The molecule has 0 aliphatic heterocycles. The van der Waals surface area contributed by atoms with E-state index in [0.29, 0.717) is 6.04 Å². The highest BCUT2D eigenvalue weighted by Crippen LogP contribution is 2.43. The molecule has 1 aliphatic rings. The zero-order chi connectivity index (χ0) is 14.8. The number of nitrogens with zero attached hydrogens (tertiary/aromatic N) is 3. The molecule has 3 unspecified atom stereocenters. The number of rotatable bonds is 5. The number of nitrogens with one attached hydrogen (secondary N) is 1. The number of hydrogen-bond acceptors (Lipinski definition) is 3. The second-order valence-corrected chi connectivity index (χ2v) is 6.55. The van der Waals surface area contributed by atoms with E-state index in [1.807, 2.05) is 10.9 Å². The average molecular weight is 278 g/mol. The van der Waals surface area contributed by atoms with Crippen molar-refractivity contribution in [2.24, 2.45) is 5.92 Å². The third kappa shape index (κ3) is 2.77. The summed E-state index contributed by atoms with van der Waals surface area (Å²) < 4.78 is 2.02. The number of likely N-dealkylation sites (N-methyl/N-ethyl adjacent to an activating group) is 2. The van der Waals surface area contributed by atoms with Crippen LogP contribution in [0.1, 0.15) is 51.1 Å². The highest BCUT2D eigenvalue weighted by molar-refractivity contribution is 5.19. The lowest BCUT2D eigenvalue weighted by Gasteiger charge is -2.50. The molecule has 1 N–H and O–H groups in total. The van der Waals surface area contributed by atoms with Crippen molar-refractivity contribution in [3.63, 3.8) is 0 Å². The summed E-state index contributed by atoms with van der Waals surface area (Å²) >= 11 is 0. The number of aromatic nitrogens is 2. The predicted molar refractivity (Wildman–Crippen MR) is 83.8 cm³/mol. The quantitative estimate of drug-likeness (QED) is 0.899. The third-order valence-electron chi connectivity index (χ3n) is 5.04. The summed E-state index contributed by atoms with van der Waals surface area (Å²) in [5, 5.41) is 8.04. The van der Waals surface area contributed by atoms with Crippen LogP contribution in [0.25, 0.3) is 0 Å². The van der Waals surface area contributed by atoms with Crippen molar-refractivity contribution >= 4 is 0 Å². The highest BCUT2D eigenvalue weighted by atomic mass is 15.3. The molecule has 1 fully saturated rings. The lowest BCUT2D eigenvalue weighted by Crippen LogP contribution is -2.55. The molecule has 4 nitrogen and oxygen atoms in total. The normalized spacial score (nSPS) is 28.8. The van der Waals surface area contributed by atoms with Crippen molar-refractivity contribution in [3.05, 3.63) is 18.0 Å². The Bertz CT molecular complexity index is 426. The molecule has 0 spiro atoms. The van der Waals surface area contributed by atoms with Crippen molar-refractivity contribution in [3.8, 4) is 0 Å². The van der Waals surface area contributed by atoms with Crippen LogP contribution in [0.15, 0.2) is 12.4 Å². The van der Waals surface area contributed by atoms with E-state index in [1.165, 1.54) is 31.2 Å². The highest BCUT2D eigenvalue weighted by Gasteiger charge is 2.44. The molecule has 4 heteroatoms. The minimum absolute atomic E-state index is 0.202. The van der Waals surface area contributed by atoms with Gasteiger partial charge in [0.25, 0.3) is 0 Å². The van der Waals surface area contributed by atoms with Crippen molar-refractivity contribution in [2.75, 3.05) is 21.1 Å². The molecule has 2 rings (SSSR count). The summed E-state index contributed by atoms with van der Waals surface area (Å²) in [6.45, 7) is 5.46. The van der Waals surface area contributed by atoms with Crippen LogP contribution in [-0.4, -0.2) is 41.4 Å². The SMILES string of the molecule is CCn1cc(C(NC)C2(N(C)C)CCCC(C)C2)cn1. The topological polar surface area (TPSA) is 33.1 Å². The number of hydrogen-bond donors (Lipinski definition) is 1. The van der Waals surface area contributed by atoms with E-state index in [9.17, 15) is 0 Å². The van der Waals surface area contributed by atoms with Crippen LogP contribution in [0.5, 0.6) is 0 Å². The van der Waals surface area contributed by atoms with Crippen molar-refractivity contribution in [1.29, 1.82) is 0 Å². The monoisotopic (exact) mass is 278 g/mol. The van der Waals surface area contributed by atoms with Crippen LogP contribution in [-0.2, 0) is 6.54 Å². The Hall–Kier alpha value is -0.870. The van der Waals surface area contributed by atoms with Gasteiger partial charge in [0, 0.05) is 23.8 Å². The Morgan fingerprint density at radius 2 is 2.30 bits per heavy atom. The Kier molecular flexibility index (Phi) is 4.86. The molecule has 0 saturated heterocycles. The second-order valence-electron chi connectivity index (χ2n) is 6.55. The van der Waals surface area contributed by atoms with Gasteiger partial charge < -0.3 is 10.2 Å². The van der Waals surface area contributed by atoms with Crippen LogP contribution in [0, 0.1) is 5.92 Å². The van der Waals surface area contributed by atoms with Gasteiger partial charge >= 0.3 is 0 Å². The first kappa shape index (κ1) is 15.5. The molecule has 3 atom stereocenters. The molecule has 114 valence electrons. The first-order valence-electron chi connectivity index (χ1n) is 7.90. The molecular formula is C16H30N4. The Morgan fingerprint density at radius 1 is 1.55 bits per heavy atom. The predicted octanol–water partition coefficient (Wildman–Crippen LogP) is 2.67. The molecule has 1 heterocycles. The van der Waals surface area contributed by atoms with Crippen LogP contribution in [0.2, 0.25) is 0 Å². The van der Waals surface area contributed by atoms with Crippen LogP contribution in [0.4, 0.5) is 0 Å². The summed E-state index contributed by atoms with van der Waals surface area (Å²) in [4.78, 5) is 2.44. The van der Waals surface area contributed by atoms with Gasteiger partial charge in [-0.15, -0.1) is 0 Å². The van der Waals surface area contributed by atoms with E-state index in [-0.39, 0.29) is 5.54 Å². The maximum atomic E-state index is 4.47. The average Bonchev–Trinajstić information content (AvgIpc) is 2.88. The minimum Gasteiger partial charge on any atom is -0.311 e. The molecule has 1 aromatic rings. The van der Waals surface area contributed by atoms with Crippen molar-refractivity contribution in [2.45, 2.75) is 57.7 Å². The lowest BCUT2D eigenvalue weighted by molar-refractivity contribution is 0.0393. The fraction of sp³-hybridized carbons (Fsp3) is 0.812. The van der Waals surface area contributed by atoms with Gasteiger partial charge in [-0.3, -0.25) is 4.68 Å². The summed E-state index contributed by atoms with van der Waals surface area (Å²) in [5.41, 5.74) is 1.52. The first-order chi connectivity index (χ1) is 9.53. The molecule has 1 aromatic heterocycles. The Labute approximate surface area is 123 Å². The third-order valence-corrected chi connectivity index (χ3v) is 5.04. The van der Waals surface area contributed by atoms with Gasteiger partial charge in [-0.05, 0) is 46.8 Å². The molecule has 0 bridgehead atoms. The van der Waals surface area contributed by atoms with Gasteiger partial charge in [0.15, 0.2) is 0 Å². The van der Waals surface area contributed by atoms with Crippen LogP contribution >= 0.6 is 0 Å². The zero-order valence-corrected chi connectivity index (χ0v) is 13.7. The summed E-state index contributed by atoms with van der Waals surface area (Å²) in [5.74, 6) is 0.795. The van der Waals surface area contributed by atoms with Crippen molar-refractivity contribution < 1.29 is 0 Å². The summed E-state index contributed by atoms with van der Waals surface area (Å²) in [6.07, 6.45) is 9.43. The molecule has 1 saturated carbocycles. The lowest BCUT2D eigenvalue weighted by atomic mass is 9.70. The number of aryl methyl sites for hydroxylation is 1. The zero-order valence-electron chi connectivity index (χ0n) is 13.7. The maximum Gasteiger partial charge on any atom is 0.0538 e. The molecule has 0 aromatic carbocycles. The second kappa shape index (κ2) is 6.27. The van der Waals surface area contributed by atoms with E-state index < -0.39 is 0 Å². The standard InChI is InChI=1S/C16H30N4/c1-6-20-12-14(11-18-20)15(17-3)16(19(4)5)9-7-8-13(2)10-16/h11-13,15,17H,6-10H2,1-5H3. The van der Waals surface area contributed by atoms with E-state index in [4.69, 9.17) is 0 Å². The van der Waals surface area contributed by atoms with E-state index in [2.05, 4.69) is 56.5 Å².